The van der Waals surface area contributed by atoms with Crippen LogP contribution in [0, 0.1) is 11.3 Å². The van der Waals surface area contributed by atoms with Crippen molar-refractivity contribution in [2.45, 2.75) is 65.1 Å². The zero-order valence-electron chi connectivity index (χ0n) is 14.8. The van der Waals surface area contributed by atoms with Crippen molar-refractivity contribution in [1.29, 1.82) is 0 Å². The fraction of sp³-hybridized carbons (Fsp3) is 1.00. The van der Waals surface area contributed by atoms with E-state index in [1.165, 1.54) is 0 Å². The van der Waals surface area contributed by atoms with Crippen molar-refractivity contribution in [1.82, 2.24) is 4.90 Å². The minimum Gasteiger partial charge on any atom is -0.391 e. The maximum atomic E-state index is 10.5. The number of nitrogens with zero attached hydrogens (tertiary/aromatic N) is 1. The molecule has 1 aliphatic rings. The molecule has 126 valence electrons. The predicted molar refractivity (Wildman–Crippen MR) is 86.5 cm³/mol. The maximum absolute atomic E-state index is 10.5. The van der Waals surface area contributed by atoms with E-state index in [9.17, 15) is 5.11 Å². The van der Waals surface area contributed by atoms with Gasteiger partial charge in [0.05, 0.1) is 19.3 Å². The third-order valence-electron chi connectivity index (χ3n) is 4.96. The van der Waals surface area contributed by atoms with Gasteiger partial charge in [0.1, 0.15) is 0 Å². The Morgan fingerprint density at radius 1 is 1.19 bits per heavy atom. The van der Waals surface area contributed by atoms with E-state index in [1.807, 2.05) is 0 Å². The molecule has 0 saturated heterocycles. The summed E-state index contributed by atoms with van der Waals surface area (Å²) in [5.41, 5.74) is 0.301. The molecule has 0 aromatic carbocycles. The molecule has 4 atom stereocenters. The van der Waals surface area contributed by atoms with Crippen molar-refractivity contribution in [2.75, 3.05) is 34.0 Å². The van der Waals surface area contributed by atoms with Gasteiger partial charge in [-0.05, 0) is 37.5 Å². The van der Waals surface area contributed by atoms with Crippen LogP contribution in [0.2, 0.25) is 0 Å². The number of hydrogen-bond acceptors (Lipinski definition) is 4. The second kappa shape index (κ2) is 8.47. The molecule has 1 saturated carbocycles. The molecule has 0 bridgehead atoms. The van der Waals surface area contributed by atoms with E-state index in [2.05, 4.69) is 32.6 Å². The number of rotatable bonds is 7. The summed E-state index contributed by atoms with van der Waals surface area (Å²) in [6.07, 6.45) is 2.84. The summed E-state index contributed by atoms with van der Waals surface area (Å²) in [5, 5.41) is 10.5. The Morgan fingerprint density at radius 2 is 1.86 bits per heavy atom. The van der Waals surface area contributed by atoms with Gasteiger partial charge in [0.25, 0.3) is 0 Å². The van der Waals surface area contributed by atoms with Crippen LogP contribution in [-0.4, -0.2) is 62.2 Å². The van der Waals surface area contributed by atoms with Crippen molar-refractivity contribution in [3.8, 4) is 0 Å². The second-order valence-corrected chi connectivity index (χ2v) is 7.55. The van der Waals surface area contributed by atoms with Crippen LogP contribution in [0.1, 0.15) is 47.0 Å². The Labute approximate surface area is 130 Å². The maximum Gasteiger partial charge on any atom is 0.0695 e. The fourth-order valence-corrected chi connectivity index (χ4v) is 3.52. The molecule has 0 aromatic heterocycles. The largest absolute Gasteiger partial charge is 0.391 e. The first-order chi connectivity index (χ1) is 9.81. The van der Waals surface area contributed by atoms with Crippen LogP contribution in [0.3, 0.4) is 0 Å². The summed E-state index contributed by atoms with van der Waals surface area (Å²) in [5.74, 6) is 0.658. The van der Waals surface area contributed by atoms with E-state index in [4.69, 9.17) is 9.47 Å². The molecular formula is C17H35NO3. The highest BCUT2D eigenvalue weighted by Crippen LogP contribution is 2.39. The van der Waals surface area contributed by atoms with E-state index < -0.39 is 0 Å². The molecule has 21 heavy (non-hydrogen) atoms. The number of methoxy groups -OCH3 is 2. The summed E-state index contributed by atoms with van der Waals surface area (Å²) < 4.78 is 10.6. The lowest BCUT2D eigenvalue weighted by Crippen LogP contribution is -2.54. The molecule has 0 spiro atoms. The Morgan fingerprint density at radius 3 is 2.38 bits per heavy atom. The van der Waals surface area contributed by atoms with E-state index in [-0.39, 0.29) is 12.1 Å². The minimum atomic E-state index is -0.236. The third kappa shape index (κ3) is 5.51. The van der Waals surface area contributed by atoms with Crippen LogP contribution in [0.4, 0.5) is 0 Å². The number of aliphatic hydroxyl groups excluding tert-OH is 1. The first-order valence-electron chi connectivity index (χ1n) is 8.23. The van der Waals surface area contributed by atoms with Crippen LogP contribution < -0.4 is 0 Å². The average molecular weight is 301 g/mol. The molecule has 1 rings (SSSR count). The van der Waals surface area contributed by atoms with Gasteiger partial charge in [0.2, 0.25) is 0 Å². The smallest absolute Gasteiger partial charge is 0.0695 e. The van der Waals surface area contributed by atoms with Crippen LogP contribution in [0.25, 0.3) is 0 Å². The Balaban J connectivity index is 2.81. The summed E-state index contributed by atoms with van der Waals surface area (Å²) in [6, 6.07) is 0.506. The van der Waals surface area contributed by atoms with Crippen molar-refractivity contribution >= 4 is 0 Å². The van der Waals surface area contributed by atoms with Gasteiger partial charge >= 0.3 is 0 Å². The Kier molecular flexibility index (Phi) is 7.62. The van der Waals surface area contributed by atoms with Gasteiger partial charge in [-0.2, -0.15) is 0 Å². The van der Waals surface area contributed by atoms with Crippen molar-refractivity contribution in [3.63, 3.8) is 0 Å². The van der Waals surface area contributed by atoms with E-state index in [0.717, 1.165) is 25.8 Å². The normalized spacial score (nSPS) is 28.9. The topological polar surface area (TPSA) is 41.9 Å². The molecule has 0 amide bonds. The standard InChI is InChI=1S/C17H35NO3/c1-13(12-21-6)18(9-10-20-5)15-11-14(17(2,3)4)7-8-16(15)19/h13-16,19H,7-12H2,1-6H3. The fourth-order valence-electron chi connectivity index (χ4n) is 3.52. The van der Waals surface area contributed by atoms with Gasteiger partial charge in [-0.3, -0.25) is 4.90 Å². The molecule has 1 N–H and O–H groups in total. The van der Waals surface area contributed by atoms with Gasteiger partial charge in [0, 0.05) is 32.8 Å². The highest BCUT2D eigenvalue weighted by molar-refractivity contribution is 4.92. The molecule has 0 aromatic rings. The average Bonchev–Trinajstić information content (AvgIpc) is 2.40. The summed E-state index contributed by atoms with van der Waals surface area (Å²) in [7, 11) is 3.47. The van der Waals surface area contributed by atoms with E-state index in [1.54, 1.807) is 14.2 Å². The van der Waals surface area contributed by atoms with Gasteiger partial charge < -0.3 is 14.6 Å². The van der Waals surface area contributed by atoms with Crippen LogP contribution in [-0.2, 0) is 9.47 Å². The summed E-state index contributed by atoms with van der Waals surface area (Å²) in [4.78, 5) is 2.38. The first-order valence-corrected chi connectivity index (χ1v) is 8.23. The summed E-state index contributed by atoms with van der Waals surface area (Å²) in [6.45, 7) is 11.3. The molecular weight excluding hydrogens is 266 g/mol. The van der Waals surface area contributed by atoms with Crippen LogP contribution >= 0.6 is 0 Å². The monoisotopic (exact) mass is 301 g/mol. The summed E-state index contributed by atoms with van der Waals surface area (Å²) >= 11 is 0. The van der Waals surface area contributed by atoms with E-state index in [0.29, 0.717) is 30.6 Å². The Bertz CT molecular complexity index is 290. The zero-order chi connectivity index (χ0) is 16.0. The lowest BCUT2D eigenvalue weighted by atomic mass is 9.69. The molecule has 1 aliphatic carbocycles. The van der Waals surface area contributed by atoms with Crippen molar-refractivity contribution in [2.24, 2.45) is 11.3 Å². The lowest BCUT2D eigenvalue weighted by Gasteiger charge is -2.46. The quantitative estimate of drug-likeness (QED) is 0.785. The third-order valence-corrected chi connectivity index (χ3v) is 4.96. The van der Waals surface area contributed by atoms with Crippen molar-refractivity contribution in [3.05, 3.63) is 0 Å². The van der Waals surface area contributed by atoms with Crippen LogP contribution in [0.15, 0.2) is 0 Å². The zero-order valence-corrected chi connectivity index (χ0v) is 14.8. The number of aliphatic hydroxyl groups is 1. The Hall–Kier alpha value is -0.160. The molecule has 0 aliphatic heterocycles. The van der Waals surface area contributed by atoms with Gasteiger partial charge in [0.15, 0.2) is 0 Å². The van der Waals surface area contributed by atoms with Crippen LogP contribution in [0.5, 0.6) is 0 Å². The molecule has 0 radical (unpaired) electrons. The lowest BCUT2D eigenvalue weighted by molar-refractivity contribution is -0.0491. The SMILES string of the molecule is COCCN(C(C)COC)C1CC(C(C)(C)C)CCC1O. The minimum absolute atomic E-state index is 0.211. The number of ether oxygens (including phenoxy) is 2. The molecule has 1 fully saturated rings. The predicted octanol–water partition coefficient (Wildman–Crippen LogP) is 2.55. The van der Waals surface area contributed by atoms with Gasteiger partial charge in [-0.15, -0.1) is 0 Å². The van der Waals surface area contributed by atoms with E-state index >= 15 is 0 Å². The van der Waals surface area contributed by atoms with Gasteiger partial charge in [-0.1, -0.05) is 20.8 Å². The van der Waals surface area contributed by atoms with Crippen molar-refractivity contribution < 1.29 is 14.6 Å². The highest BCUT2D eigenvalue weighted by atomic mass is 16.5. The highest BCUT2D eigenvalue weighted by Gasteiger charge is 2.38. The van der Waals surface area contributed by atoms with Gasteiger partial charge in [-0.25, -0.2) is 0 Å². The first kappa shape index (κ1) is 18.9. The molecule has 4 unspecified atom stereocenters. The number of hydrogen-bond donors (Lipinski definition) is 1. The molecule has 4 nitrogen and oxygen atoms in total. The molecule has 4 heteroatoms. The molecule has 0 heterocycles. The second-order valence-electron chi connectivity index (χ2n) is 7.55.